The molecule has 0 aromatic carbocycles. The number of aromatic nitrogens is 5. The van der Waals surface area contributed by atoms with E-state index in [0.29, 0.717) is 24.2 Å². The van der Waals surface area contributed by atoms with Crippen LogP contribution in [0.25, 0.3) is 0 Å². The van der Waals surface area contributed by atoms with Crippen LogP contribution in [-0.2, 0) is 13.1 Å². The topological polar surface area (TPSA) is 102 Å². The number of likely N-dealkylation sites (tertiary alicyclic amines) is 1. The molecule has 3 heterocycles. The number of hydrogen-bond acceptors (Lipinski definition) is 6. The van der Waals surface area contributed by atoms with Crippen LogP contribution in [0.2, 0.25) is 0 Å². The highest BCUT2D eigenvalue weighted by Gasteiger charge is 2.24. The van der Waals surface area contributed by atoms with Gasteiger partial charge in [-0.05, 0) is 25.7 Å². The number of nitrogens with one attached hydrogen (secondary N) is 1. The first kappa shape index (κ1) is 14.5. The fraction of sp³-hybridized carbons (Fsp3) is 0.615. The molecule has 1 saturated heterocycles. The Hall–Kier alpha value is -2.45. The van der Waals surface area contributed by atoms with Gasteiger partial charge in [0, 0.05) is 25.8 Å². The maximum absolute atomic E-state index is 12.2. The van der Waals surface area contributed by atoms with Crippen molar-refractivity contribution in [1.29, 1.82) is 0 Å². The van der Waals surface area contributed by atoms with E-state index in [4.69, 9.17) is 4.52 Å². The minimum atomic E-state index is -0.0980. The molecule has 22 heavy (non-hydrogen) atoms. The average molecular weight is 305 g/mol. The second-order valence-electron chi connectivity index (χ2n) is 5.47. The van der Waals surface area contributed by atoms with Crippen molar-refractivity contribution in [2.75, 3.05) is 13.1 Å². The van der Waals surface area contributed by atoms with Crippen LogP contribution < -0.4 is 5.32 Å². The van der Waals surface area contributed by atoms with Crippen LogP contribution in [0.4, 0.5) is 4.79 Å². The summed E-state index contributed by atoms with van der Waals surface area (Å²) in [6.45, 7) is 4.27. The quantitative estimate of drug-likeness (QED) is 0.887. The maximum atomic E-state index is 12.2. The van der Waals surface area contributed by atoms with Crippen molar-refractivity contribution in [2.45, 2.75) is 32.9 Å². The number of hydrogen-bond donors (Lipinski definition) is 1. The normalized spacial score (nSPS) is 18.4. The number of nitrogens with zero attached hydrogens (tertiary/aromatic N) is 6. The fourth-order valence-corrected chi connectivity index (χ4v) is 2.67. The number of amides is 2. The summed E-state index contributed by atoms with van der Waals surface area (Å²) in [7, 11) is 0. The second kappa shape index (κ2) is 6.54. The third-order valence-corrected chi connectivity index (χ3v) is 3.68. The molecule has 0 aliphatic carbocycles. The Bertz CT molecular complexity index is 610. The highest BCUT2D eigenvalue weighted by atomic mass is 16.5. The van der Waals surface area contributed by atoms with Crippen LogP contribution in [0.15, 0.2) is 16.9 Å². The molecule has 9 nitrogen and oxygen atoms in total. The summed E-state index contributed by atoms with van der Waals surface area (Å²) in [5, 5.41) is 14.3. The molecule has 1 unspecified atom stereocenters. The van der Waals surface area contributed by atoms with E-state index in [1.165, 1.54) is 0 Å². The van der Waals surface area contributed by atoms with E-state index >= 15 is 0 Å². The Kier molecular flexibility index (Phi) is 4.31. The smallest absolute Gasteiger partial charge is 0.317 e. The van der Waals surface area contributed by atoms with Crippen molar-refractivity contribution in [2.24, 2.45) is 5.92 Å². The van der Waals surface area contributed by atoms with Crippen molar-refractivity contribution in [1.82, 2.24) is 35.4 Å². The molecule has 1 N–H and O–H groups in total. The third-order valence-electron chi connectivity index (χ3n) is 3.68. The predicted octanol–water partition coefficient (Wildman–Crippen LogP) is 0.591. The lowest BCUT2D eigenvalue weighted by Crippen LogP contribution is -2.46. The predicted molar refractivity (Wildman–Crippen MR) is 75.6 cm³/mol. The van der Waals surface area contributed by atoms with Crippen LogP contribution >= 0.6 is 0 Å². The van der Waals surface area contributed by atoms with Crippen molar-refractivity contribution in [3.8, 4) is 0 Å². The van der Waals surface area contributed by atoms with Crippen molar-refractivity contribution in [3.05, 3.63) is 24.1 Å². The first-order valence-electron chi connectivity index (χ1n) is 7.37. The van der Waals surface area contributed by atoms with Gasteiger partial charge in [-0.2, -0.15) is 4.98 Å². The molecule has 9 heteroatoms. The molecule has 1 aliphatic rings. The van der Waals surface area contributed by atoms with Gasteiger partial charge in [-0.3, -0.25) is 4.68 Å². The lowest BCUT2D eigenvalue weighted by molar-refractivity contribution is 0.156. The van der Waals surface area contributed by atoms with Crippen LogP contribution in [0, 0.1) is 12.8 Å². The van der Waals surface area contributed by atoms with Gasteiger partial charge in [0.2, 0.25) is 5.89 Å². The highest BCUT2D eigenvalue weighted by Crippen LogP contribution is 2.18. The zero-order chi connectivity index (χ0) is 15.4. The second-order valence-corrected chi connectivity index (χ2v) is 5.47. The molecule has 0 spiro atoms. The van der Waals surface area contributed by atoms with E-state index in [9.17, 15) is 4.79 Å². The van der Waals surface area contributed by atoms with Gasteiger partial charge < -0.3 is 14.7 Å². The van der Waals surface area contributed by atoms with Gasteiger partial charge in [0.05, 0.1) is 12.7 Å². The largest absolute Gasteiger partial charge is 0.337 e. The number of rotatable bonds is 4. The number of aryl methyl sites for hydroxylation is 1. The summed E-state index contributed by atoms with van der Waals surface area (Å²) >= 11 is 0. The Labute approximate surface area is 127 Å². The summed E-state index contributed by atoms with van der Waals surface area (Å²) in [5.74, 6) is 1.38. The Morgan fingerprint density at radius 2 is 2.45 bits per heavy atom. The monoisotopic (exact) mass is 305 g/mol. The third kappa shape index (κ3) is 3.60. The van der Waals surface area contributed by atoms with Gasteiger partial charge >= 0.3 is 6.03 Å². The molecule has 0 saturated carbocycles. The molecule has 3 rings (SSSR count). The number of urea groups is 1. The molecule has 1 atom stereocenters. The standard InChI is InChI=1S/C13H19N7O2/c1-10-16-12(22-17-10)7-14-13(21)19-5-2-3-11(8-19)9-20-6-4-15-18-20/h4,6,11H,2-3,5,7-9H2,1H3,(H,14,21). The lowest BCUT2D eigenvalue weighted by atomic mass is 9.98. The zero-order valence-corrected chi connectivity index (χ0v) is 12.5. The fourth-order valence-electron chi connectivity index (χ4n) is 2.67. The first-order valence-corrected chi connectivity index (χ1v) is 7.37. The lowest BCUT2D eigenvalue weighted by Gasteiger charge is -2.32. The van der Waals surface area contributed by atoms with Crippen LogP contribution in [0.5, 0.6) is 0 Å². The van der Waals surface area contributed by atoms with E-state index in [1.807, 2.05) is 15.8 Å². The van der Waals surface area contributed by atoms with E-state index in [0.717, 1.165) is 25.9 Å². The van der Waals surface area contributed by atoms with E-state index < -0.39 is 0 Å². The molecule has 1 fully saturated rings. The van der Waals surface area contributed by atoms with Crippen LogP contribution in [0.3, 0.4) is 0 Å². The molecule has 2 aromatic heterocycles. The van der Waals surface area contributed by atoms with Crippen molar-refractivity contribution >= 4 is 6.03 Å². The highest BCUT2D eigenvalue weighted by molar-refractivity contribution is 5.74. The van der Waals surface area contributed by atoms with Gasteiger partial charge in [0.25, 0.3) is 0 Å². The Balaban J connectivity index is 1.49. The van der Waals surface area contributed by atoms with E-state index in [2.05, 4.69) is 25.8 Å². The molecule has 0 bridgehead atoms. The molecule has 2 aromatic rings. The first-order chi connectivity index (χ1) is 10.7. The number of piperidine rings is 1. The Morgan fingerprint density at radius 1 is 1.55 bits per heavy atom. The van der Waals surface area contributed by atoms with Gasteiger partial charge in [0.15, 0.2) is 5.82 Å². The Morgan fingerprint density at radius 3 is 3.18 bits per heavy atom. The maximum Gasteiger partial charge on any atom is 0.317 e. The van der Waals surface area contributed by atoms with Crippen LogP contribution in [-0.4, -0.2) is 49.2 Å². The van der Waals surface area contributed by atoms with Crippen LogP contribution in [0.1, 0.15) is 24.6 Å². The van der Waals surface area contributed by atoms with Gasteiger partial charge in [-0.25, -0.2) is 4.79 Å². The van der Waals surface area contributed by atoms with Gasteiger partial charge in [-0.1, -0.05) is 10.4 Å². The SMILES string of the molecule is Cc1noc(CNC(=O)N2CCCC(Cn3ccnn3)C2)n1. The number of carbonyl (C=O) groups is 1. The summed E-state index contributed by atoms with van der Waals surface area (Å²) < 4.78 is 6.79. The van der Waals surface area contributed by atoms with E-state index in [1.54, 1.807) is 13.1 Å². The zero-order valence-electron chi connectivity index (χ0n) is 12.5. The van der Waals surface area contributed by atoms with Crippen molar-refractivity contribution < 1.29 is 9.32 Å². The van der Waals surface area contributed by atoms with E-state index in [-0.39, 0.29) is 12.6 Å². The molecule has 118 valence electrons. The summed E-state index contributed by atoms with van der Waals surface area (Å²) in [5.41, 5.74) is 0. The van der Waals surface area contributed by atoms with Gasteiger partial charge in [-0.15, -0.1) is 5.10 Å². The molecule has 2 amide bonds. The summed E-state index contributed by atoms with van der Waals surface area (Å²) in [6, 6.07) is -0.0980. The average Bonchev–Trinajstić information content (AvgIpc) is 3.17. The minimum Gasteiger partial charge on any atom is -0.337 e. The van der Waals surface area contributed by atoms with Crippen molar-refractivity contribution in [3.63, 3.8) is 0 Å². The molecular formula is C13H19N7O2. The van der Waals surface area contributed by atoms with Gasteiger partial charge in [0.1, 0.15) is 0 Å². The molecular weight excluding hydrogens is 286 g/mol. The minimum absolute atomic E-state index is 0.0980. The summed E-state index contributed by atoms with van der Waals surface area (Å²) in [4.78, 5) is 18.1. The molecule has 1 aliphatic heterocycles. The molecule has 0 radical (unpaired) electrons. The number of carbonyl (C=O) groups excluding carboxylic acids is 1. The summed E-state index contributed by atoms with van der Waals surface area (Å²) in [6.07, 6.45) is 5.59.